The number of nitrogens with one attached hydrogen (secondary N) is 1. The molecule has 3 rings (SSSR count). The zero-order valence-electron chi connectivity index (χ0n) is 13.0. The maximum absolute atomic E-state index is 12.6. The van der Waals surface area contributed by atoms with Crippen molar-refractivity contribution in [3.8, 4) is 5.75 Å². The van der Waals surface area contributed by atoms with Crippen molar-refractivity contribution in [2.24, 2.45) is 0 Å². The Bertz CT molecular complexity index is 755. The molecule has 0 spiro atoms. The number of ketones is 1. The molecule has 0 aromatic heterocycles. The molecule has 0 saturated heterocycles. The van der Waals surface area contributed by atoms with Gasteiger partial charge in [0.05, 0.1) is 10.9 Å². The average molecular weight is 327 g/mol. The summed E-state index contributed by atoms with van der Waals surface area (Å²) in [6.07, 6.45) is 0. The van der Waals surface area contributed by atoms with Gasteiger partial charge in [-0.15, -0.1) is 11.8 Å². The summed E-state index contributed by atoms with van der Waals surface area (Å²) < 4.78 is 5.31. The molecular formula is C18H17NO3S. The molecule has 0 aliphatic carbocycles. The lowest BCUT2D eigenvalue weighted by atomic mass is 10.1. The predicted molar refractivity (Wildman–Crippen MR) is 91.4 cm³/mol. The quantitative estimate of drug-likeness (QED) is 0.687. The monoisotopic (exact) mass is 327 g/mol. The molecule has 0 bridgehead atoms. The third-order valence-electron chi connectivity index (χ3n) is 3.60. The van der Waals surface area contributed by atoms with Crippen LogP contribution in [-0.4, -0.2) is 23.5 Å². The number of hydrogen-bond acceptors (Lipinski definition) is 4. The van der Waals surface area contributed by atoms with Crippen LogP contribution in [0.25, 0.3) is 0 Å². The Morgan fingerprint density at radius 1 is 1.22 bits per heavy atom. The van der Waals surface area contributed by atoms with Gasteiger partial charge in [-0.05, 0) is 44.2 Å². The highest BCUT2D eigenvalue weighted by Gasteiger charge is 2.21. The van der Waals surface area contributed by atoms with Gasteiger partial charge in [0.2, 0.25) is 0 Å². The van der Waals surface area contributed by atoms with E-state index in [1.54, 1.807) is 18.2 Å². The molecule has 1 aliphatic heterocycles. The van der Waals surface area contributed by atoms with Crippen LogP contribution in [0.15, 0.2) is 47.4 Å². The first kappa shape index (κ1) is 15.6. The molecule has 1 amide bonds. The highest BCUT2D eigenvalue weighted by atomic mass is 32.2. The number of fused-ring (bicyclic) bond motifs is 1. The van der Waals surface area contributed by atoms with Gasteiger partial charge in [-0.2, -0.15) is 0 Å². The molecule has 1 atom stereocenters. The molecule has 0 fully saturated rings. The fourth-order valence-corrected chi connectivity index (χ4v) is 3.29. The van der Waals surface area contributed by atoms with Crippen molar-refractivity contribution in [1.82, 2.24) is 0 Å². The van der Waals surface area contributed by atoms with Gasteiger partial charge >= 0.3 is 0 Å². The topological polar surface area (TPSA) is 55.4 Å². The van der Waals surface area contributed by atoms with Crippen LogP contribution in [0.2, 0.25) is 0 Å². The van der Waals surface area contributed by atoms with Crippen molar-refractivity contribution in [2.75, 3.05) is 11.9 Å². The minimum absolute atomic E-state index is 0.0139. The molecule has 2 aromatic rings. The number of carbonyl (C=O) groups excluding carboxylic acids is 2. The van der Waals surface area contributed by atoms with Gasteiger partial charge in [0.15, 0.2) is 12.4 Å². The predicted octanol–water partition coefficient (Wildman–Crippen LogP) is 3.69. The maximum Gasteiger partial charge on any atom is 0.262 e. The van der Waals surface area contributed by atoms with Gasteiger partial charge < -0.3 is 10.1 Å². The number of hydrogen-bond donors (Lipinski definition) is 1. The van der Waals surface area contributed by atoms with Gasteiger partial charge in [0, 0.05) is 10.5 Å². The first-order chi connectivity index (χ1) is 11.0. The molecule has 23 heavy (non-hydrogen) atoms. The van der Waals surface area contributed by atoms with Crippen LogP contribution in [0.1, 0.15) is 22.8 Å². The van der Waals surface area contributed by atoms with Crippen LogP contribution in [0, 0.1) is 6.92 Å². The number of thioether (sulfide) groups is 1. The third-order valence-corrected chi connectivity index (χ3v) is 4.71. The Morgan fingerprint density at radius 3 is 2.70 bits per heavy atom. The summed E-state index contributed by atoms with van der Waals surface area (Å²) in [5.41, 5.74) is 2.32. The molecule has 5 heteroatoms. The van der Waals surface area contributed by atoms with E-state index in [0.717, 1.165) is 4.90 Å². The summed E-state index contributed by atoms with van der Waals surface area (Å²) in [4.78, 5) is 25.1. The molecule has 0 saturated carbocycles. The number of benzene rings is 2. The van der Waals surface area contributed by atoms with Gasteiger partial charge in [-0.25, -0.2) is 0 Å². The molecule has 0 unspecified atom stereocenters. The number of rotatable bonds is 4. The second-order valence-electron chi connectivity index (χ2n) is 5.49. The second-order valence-corrected chi connectivity index (χ2v) is 6.90. The number of ether oxygens (including phenoxy) is 1. The zero-order chi connectivity index (χ0) is 16.4. The first-order valence-corrected chi connectivity index (χ1v) is 8.25. The van der Waals surface area contributed by atoms with E-state index in [-0.39, 0.29) is 23.5 Å². The minimum Gasteiger partial charge on any atom is -0.482 e. The van der Waals surface area contributed by atoms with Crippen LogP contribution < -0.4 is 10.1 Å². The summed E-state index contributed by atoms with van der Waals surface area (Å²) >= 11 is 1.53. The smallest absolute Gasteiger partial charge is 0.262 e. The first-order valence-electron chi connectivity index (χ1n) is 7.37. The molecular weight excluding hydrogens is 310 g/mol. The van der Waals surface area contributed by atoms with Crippen LogP contribution in [0.3, 0.4) is 0 Å². The van der Waals surface area contributed by atoms with Crippen molar-refractivity contribution in [3.63, 3.8) is 0 Å². The van der Waals surface area contributed by atoms with E-state index >= 15 is 0 Å². The molecule has 2 aromatic carbocycles. The summed E-state index contributed by atoms with van der Waals surface area (Å²) in [6, 6.07) is 13.3. The van der Waals surface area contributed by atoms with Gasteiger partial charge in [-0.3, -0.25) is 9.59 Å². The largest absolute Gasteiger partial charge is 0.482 e. The normalized spacial score (nSPS) is 14.4. The van der Waals surface area contributed by atoms with Gasteiger partial charge in [0.25, 0.3) is 5.91 Å². The molecule has 4 nitrogen and oxygen atoms in total. The van der Waals surface area contributed by atoms with E-state index in [9.17, 15) is 9.59 Å². The van der Waals surface area contributed by atoms with Crippen LogP contribution in [0.4, 0.5) is 5.69 Å². The standard InChI is InChI=1S/C18H17NO3S/c1-11-3-6-14(7-4-11)23-12(2)18(21)13-5-8-16-15(9-13)19-17(20)10-22-16/h3-9,12H,10H2,1-2H3,(H,19,20)/t12-/m0/s1. The molecule has 1 N–H and O–H groups in total. The fourth-order valence-electron chi connectivity index (χ4n) is 2.35. The molecule has 1 aliphatic rings. The van der Waals surface area contributed by atoms with E-state index < -0.39 is 0 Å². The Balaban J connectivity index is 1.75. The van der Waals surface area contributed by atoms with Gasteiger partial charge in [-0.1, -0.05) is 17.7 Å². The van der Waals surface area contributed by atoms with Crippen LogP contribution in [-0.2, 0) is 4.79 Å². The van der Waals surface area contributed by atoms with E-state index in [0.29, 0.717) is 17.0 Å². The van der Waals surface area contributed by atoms with Crippen molar-refractivity contribution >= 4 is 29.1 Å². The van der Waals surface area contributed by atoms with E-state index in [2.05, 4.69) is 5.32 Å². The van der Waals surface area contributed by atoms with Crippen molar-refractivity contribution < 1.29 is 14.3 Å². The van der Waals surface area contributed by atoms with Crippen molar-refractivity contribution in [1.29, 1.82) is 0 Å². The SMILES string of the molecule is Cc1ccc(S[C@@H](C)C(=O)c2ccc3c(c2)NC(=O)CO3)cc1. The molecule has 0 radical (unpaired) electrons. The average Bonchev–Trinajstić information content (AvgIpc) is 2.55. The lowest BCUT2D eigenvalue weighted by molar-refractivity contribution is -0.118. The summed E-state index contributed by atoms with van der Waals surface area (Å²) in [5, 5.41) is 2.51. The summed E-state index contributed by atoms with van der Waals surface area (Å²) in [5.74, 6) is 0.419. The maximum atomic E-state index is 12.6. The lowest BCUT2D eigenvalue weighted by Gasteiger charge is -2.19. The second kappa shape index (κ2) is 6.46. The zero-order valence-corrected chi connectivity index (χ0v) is 13.8. The summed E-state index contributed by atoms with van der Waals surface area (Å²) in [6.45, 7) is 3.94. The number of anilines is 1. The Kier molecular flexibility index (Phi) is 4.39. The van der Waals surface area contributed by atoms with E-state index in [1.807, 2.05) is 38.1 Å². The Morgan fingerprint density at radius 2 is 1.96 bits per heavy atom. The number of amides is 1. The lowest BCUT2D eigenvalue weighted by Crippen LogP contribution is -2.25. The minimum atomic E-state index is -0.212. The van der Waals surface area contributed by atoms with Crippen molar-refractivity contribution in [3.05, 3.63) is 53.6 Å². The highest BCUT2D eigenvalue weighted by Crippen LogP contribution is 2.31. The number of Topliss-reactive ketones (excluding diaryl/α,β-unsaturated/α-hetero) is 1. The Labute approximate surface area is 139 Å². The molecule has 1 heterocycles. The van der Waals surface area contributed by atoms with Gasteiger partial charge in [0.1, 0.15) is 5.75 Å². The number of carbonyl (C=O) groups is 2. The molecule has 118 valence electrons. The third kappa shape index (κ3) is 3.56. The van der Waals surface area contributed by atoms with Crippen molar-refractivity contribution in [2.45, 2.75) is 24.0 Å². The summed E-state index contributed by atoms with van der Waals surface area (Å²) in [7, 11) is 0. The number of aryl methyl sites for hydroxylation is 1. The van der Waals surface area contributed by atoms with E-state index in [1.165, 1.54) is 17.3 Å². The fraction of sp³-hybridized carbons (Fsp3) is 0.222. The van der Waals surface area contributed by atoms with Crippen LogP contribution >= 0.6 is 11.8 Å². The van der Waals surface area contributed by atoms with E-state index in [4.69, 9.17) is 4.74 Å². The Hall–Kier alpha value is -2.27. The van der Waals surface area contributed by atoms with Crippen LogP contribution in [0.5, 0.6) is 5.75 Å². The highest BCUT2D eigenvalue weighted by molar-refractivity contribution is 8.00.